The lowest BCUT2D eigenvalue weighted by Crippen LogP contribution is -2.61. The molecule has 78 heavy (non-hydrogen) atoms. The van der Waals surface area contributed by atoms with Crippen LogP contribution in [0.25, 0.3) is 0 Å². The van der Waals surface area contributed by atoms with Crippen molar-refractivity contribution in [3.8, 4) is 0 Å². The van der Waals surface area contributed by atoms with Gasteiger partial charge in [0.1, 0.15) is 41.4 Å². The lowest BCUT2D eigenvalue weighted by atomic mass is 10.0. The molecule has 2 aliphatic rings. The van der Waals surface area contributed by atoms with Gasteiger partial charge in [-0.3, -0.25) is 43.3 Å². The minimum absolute atomic E-state index is 0.00201. The Labute approximate surface area is 454 Å². The molecule has 1 heterocycles. The number of hydrogen-bond acceptors (Lipinski definition) is 17. The van der Waals surface area contributed by atoms with E-state index in [1.807, 2.05) is 25.1 Å². The van der Waals surface area contributed by atoms with E-state index in [4.69, 9.17) is 45.9 Å². The molecule has 1 saturated heterocycles. The summed E-state index contributed by atoms with van der Waals surface area (Å²) < 4.78 is 0. The Kier molecular flexibility index (Phi) is 28.1. The van der Waals surface area contributed by atoms with E-state index >= 15 is 0 Å². The first-order valence-electron chi connectivity index (χ1n) is 26.6. The molecule has 1 aliphatic carbocycles. The zero-order valence-corrected chi connectivity index (χ0v) is 44.6. The van der Waals surface area contributed by atoms with Gasteiger partial charge >= 0.3 is 5.97 Å². The molecule has 436 valence electrons. The summed E-state index contributed by atoms with van der Waals surface area (Å²) in [5.74, 6) is -8.34. The predicted octanol–water partition coefficient (Wildman–Crippen LogP) is -5.49. The maximum absolute atomic E-state index is 14.6. The van der Waals surface area contributed by atoms with Crippen LogP contribution in [0, 0.1) is 6.92 Å². The van der Waals surface area contributed by atoms with E-state index in [0.29, 0.717) is 38.6 Å². The van der Waals surface area contributed by atoms with Crippen molar-refractivity contribution in [3.63, 3.8) is 0 Å². The van der Waals surface area contributed by atoms with Gasteiger partial charge in [0.05, 0.1) is 18.7 Å². The van der Waals surface area contributed by atoms with E-state index in [9.17, 15) is 53.4 Å². The van der Waals surface area contributed by atoms with E-state index in [2.05, 4.69) is 42.2 Å². The third kappa shape index (κ3) is 20.5. The number of aliphatic carboxylic acids is 1. The summed E-state index contributed by atoms with van der Waals surface area (Å²) in [5, 5.41) is 38.6. The number of nitrogens with two attached hydrogens (primary N) is 8. The van der Waals surface area contributed by atoms with E-state index in [-0.39, 0.29) is 96.5 Å². The molecule has 1 aliphatic heterocycles. The molecule has 2 fully saturated rings. The summed E-state index contributed by atoms with van der Waals surface area (Å²) in [6.07, 6.45) is 3.35. The van der Waals surface area contributed by atoms with Gasteiger partial charge in [0, 0.05) is 25.6 Å². The van der Waals surface area contributed by atoms with E-state index in [1.165, 1.54) is 11.0 Å². The highest BCUT2D eigenvalue weighted by atomic mass is 16.4. The smallest absolute Gasteiger partial charge is 0.352 e. The molecular formula is C50H85N17O11. The van der Waals surface area contributed by atoms with Crippen molar-refractivity contribution in [3.05, 3.63) is 47.2 Å². The van der Waals surface area contributed by atoms with Crippen LogP contribution in [0.15, 0.2) is 41.0 Å². The lowest BCUT2D eigenvalue weighted by molar-refractivity contribution is -0.142. The van der Waals surface area contributed by atoms with Gasteiger partial charge in [-0.15, -0.1) is 0 Å². The number of rotatable bonds is 36. The first kappa shape index (κ1) is 65.5. The number of carboxylic acids is 1. The van der Waals surface area contributed by atoms with Gasteiger partial charge in [-0.25, -0.2) is 4.79 Å². The molecule has 1 aromatic carbocycles. The van der Waals surface area contributed by atoms with Gasteiger partial charge in [-0.05, 0) is 122 Å². The van der Waals surface area contributed by atoms with Crippen LogP contribution >= 0.6 is 0 Å². The van der Waals surface area contributed by atoms with Crippen LogP contribution in [0.4, 0.5) is 0 Å². The second-order valence-electron chi connectivity index (χ2n) is 19.6. The Balaban J connectivity index is 1.82. The second-order valence-corrected chi connectivity index (χ2v) is 19.6. The van der Waals surface area contributed by atoms with Gasteiger partial charge in [-0.2, -0.15) is 0 Å². The fraction of sp³-hybridized carbons (Fsp3) is 0.640. The number of amides is 8. The largest absolute Gasteiger partial charge is 0.477 e. The molecular weight excluding hydrogens is 1010 g/mol. The molecule has 28 heteroatoms. The fourth-order valence-electron chi connectivity index (χ4n) is 9.01. The third-order valence-electron chi connectivity index (χ3n) is 13.4. The SMILES string of the molecule is Cc1cccc([C@@H]2CC2(NC(=O)[C@@H]2CCCN2C(=O)[C@@H](CCCN)NC(=O)CNC(=O)[C@H](CCCN)NC(=O)[C@@H](NC(=O)[C@@H](N)CCCCN)[C@@H](O)CN)C(=O)N[C@@H](CCCCN)C(=O)N/C(=C\CCN=C(N)N)C(=O)O)c1. The quantitative estimate of drug-likeness (QED) is 0.0129. The van der Waals surface area contributed by atoms with Crippen molar-refractivity contribution in [2.24, 2.45) is 50.9 Å². The highest BCUT2D eigenvalue weighted by molar-refractivity contribution is 6.02. The van der Waals surface area contributed by atoms with Gasteiger partial charge in [0.2, 0.25) is 47.3 Å². The van der Waals surface area contributed by atoms with Gasteiger partial charge < -0.3 is 98.2 Å². The Bertz CT molecular complexity index is 2270. The van der Waals surface area contributed by atoms with E-state index in [1.54, 1.807) is 6.07 Å². The summed E-state index contributed by atoms with van der Waals surface area (Å²) >= 11 is 0. The number of likely N-dealkylation sites (tertiary alicyclic amines) is 1. The van der Waals surface area contributed by atoms with Crippen molar-refractivity contribution in [1.29, 1.82) is 0 Å². The molecule has 0 aromatic heterocycles. The van der Waals surface area contributed by atoms with Gasteiger partial charge in [0.15, 0.2) is 5.96 Å². The Morgan fingerprint density at radius 2 is 1.41 bits per heavy atom. The molecule has 8 amide bonds. The average molecular weight is 1100 g/mol. The minimum Gasteiger partial charge on any atom is -0.477 e. The number of aliphatic hydroxyl groups excluding tert-OH is 1. The average Bonchev–Trinajstić information content (AvgIpc) is 4.14. The number of carboxylic acid groups (broad SMARTS) is 1. The summed E-state index contributed by atoms with van der Waals surface area (Å²) in [5.41, 5.74) is 44.7. The van der Waals surface area contributed by atoms with E-state index < -0.39 is 126 Å². The molecule has 1 aromatic rings. The van der Waals surface area contributed by atoms with Crippen LogP contribution in [-0.2, 0) is 43.2 Å². The van der Waals surface area contributed by atoms with E-state index in [0.717, 1.165) is 11.1 Å². The minimum atomic E-state index is -1.61. The van der Waals surface area contributed by atoms with Crippen LogP contribution in [0.2, 0.25) is 0 Å². The van der Waals surface area contributed by atoms with Crippen molar-refractivity contribution in [2.45, 2.75) is 151 Å². The number of aliphatic hydroxyl groups is 1. The molecule has 3 rings (SSSR count). The Morgan fingerprint density at radius 3 is 2.03 bits per heavy atom. The predicted molar refractivity (Wildman–Crippen MR) is 289 cm³/mol. The first-order valence-corrected chi connectivity index (χ1v) is 26.6. The number of guanidine groups is 1. The van der Waals surface area contributed by atoms with Gasteiger partial charge in [0.25, 0.3) is 0 Å². The maximum Gasteiger partial charge on any atom is 0.352 e. The molecule has 0 bridgehead atoms. The summed E-state index contributed by atoms with van der Waals surface area (Å²) in [6, 6.07) is -0.140. The summed E-state index contributed by atoms with van der Waals surface area (Å²) in [6.45, 7) is 1.88. The zero-order valence-electron chi connectivity index (χ0n) is 44.6. The number of nitrogens with zero attached hydrogens (tertiary/aromatic N) is 2. The molecule has 25 N–H and O–H groups in total. The van der Waals surface area contributed by atoms with Crippen LogP contribution in [0.1, 0.15) is 107 Å². The van der Waals surface area contributed by atoms with Crippen LogP contribution in [-0.4, -0.2) is 175 Å². The summed E-state index contributed by atoms with van der Waals surface area (Å²) in [4.78, 5) is 128. The molecule has 1 unspecified atom stereocenters. The van der Waals surface area contributed by atoms with Crippen molar-refractivity contribution >= 4 is 59.2 Å². The van der Waals surface area contributed by atoms with Crippen molar-refractivity contribution in [2.75, 3.05) is 52.4 Å². The topological polar surface area (TPSA) is 502 Å². The lowest BCUT2D eigenvalue weighted by Gasteiger charge is -2.31. The molecule has 28 nitrogen and oxygen atoms in total. The standard InChI is InChI=1S/C50H85N17O11/c1-29-11-6-12-30(25-29)31-26-50(31,48(78)64-34(14-3-5-20-52)43(72)63-36(47(76)77)17-9-23-59-49(57)58)66-44(73)37-18-10-24-67(37)46(75)35(16-8-22-54)61-39(69)28-60-42(71)33(15-7-21-53)62-45(74)40(38(68)27-55)65-41(70)32(56)13-2-4-19-51/h6,11-12,17,25,31-35,37-38,40,68H,2-5,7-10,13-16,18-24,26-28,51-56H2,1H3,(H,60,71)(H,61,69)(H,62,74)(H,63,72)(H,64,78)(H,65,70)(H,66,73)(H,76,77)(H4,57,58,59)/b36-17-/t31-,32-,33-,34-,35+,37-,38-,40-,50?/m0/s1. The number of hydrogen-bond donors (Lipinski definition) is 17. The number of unbranched alkanes of at least 4 members (excludes halogenated alkanes) is 2. The molecule has 0 radical (unpaired) electrons. The number of aryl methyl sites for hydroxylation is 1. The molecule has 0 spiro atoms. The zero-order chi connectivity index (χ0) is 58.0. The van der Waals surface area contributed by atoms with Crippen LogP contribution in [0.5, 0.6) is 0 Å². The van der Waals surface area contributed by atoms with Gasteiger partial charge in [-0.1, -0.05) is 42.3 Å². The number of nitrogens with one attached hydrogen (secondary N) is 7. The first-order chi connectivity index (χ1) is 37.2. The Hall–Kier alpha value is -6.82. The normalized spacial score (nSPS) is 19.1. The highest BCUT2D eigenvalue weighted by Gasteiger charge is 2.63. The van der Waals surface area contributed by atoms with Crippen LogP contribution < -0.4 is 83.1 Å². The highest BCUT2D eigenvalue weighted by Crippen LogP contribution is 2.52. The van der Waals surface area contributed by atoms with Crippen molar-refractivity contribution < 1.29 is 53.4 Å². The number of aliphatic imine (C=N–C) groups is 1. The van der Waals surface area contributed by atoms with Crippen LogP contribution in [0.3, 0.4) is 0 Å². The maximum atomic E-state index is 14.6. The molecule has 1 saturated carbocycles. The third-order valence-corrected chi connectivity index (χ3v) is 13.4. The monoisotopic (exact) mass is 1100 g/mol. The second kappa shape index (κ2) is 33.5. The number of benzene rings is 1. The van der Waals surface area contributed by atoms with Crippen molar-refractivity contribution in [1.82, 2.24) is 42.1 Å². The molecule has 9 atom stereocenters. The Morgan fingerprint density at radius 1 is 0.782 bits per heavy atom. The fourth-order valence-corrected chi connectivity index (χ4v) is 9.01. The number of carbonyl (C=O) groups is 9. The number of carbonyl (C=O) groups excluding carboxylic acids is 8. The summed E-state index contributed by atoms with van der Waals surface area (Å²) in [7, 11) is 0.